The standard InChI is InChI=1S/C11H21NO2/c1-8-7-12-5-4-11(8)13-9(2)6-10(3)14-11/h8-10,12H,4-7H2,1-3H3/t8-,9+,10+/m1/s1. The van der Waals surface area contributed by atoms with E-state index in [1.807, 2.05) is 0 Å². The summed E-state index contributed by atoms with van der Waals surface area (Å²) < 4.78 is 12.1. The Morgan fingerprint density at radius 3 is 2.36 bits per heavy atom. The molecule has 2 fully saturated rings. The lowest BCUT2D eigenvalue weighted by atomic mass is 9.91. The van der Waals surface area contributed by atoms with Crippen molar-refractivity contribution >= 4 is 0 Å². The van der Waals surface area contributed by atoms with Gasteiger partial charge < -0.3 is 14.8 Å². The first-order valence-corrected chi connectivity index (χ1v) is 5.69. The molecule has 0 bridgehead atoms. The van der Waals surface area contributed by atoms with E-state index >= 15 is 0 Å². The molecule has 1 spiro atoms. The lowest BCUT2D eigenvalue weighted by molar-refractivity contribution is -0.339. The van der Waals surface area contributed by atoms with Gasteiger partial charge in [-0.2, -0.15) is 0 Å². The fourth-order valence-corrected chi connectivity index (χ4v) is 2.61. The average molecular weight is 199 g/mol. The van der Waals surface area contributed by atoms with Crippen molar-refractivity contribution in [3.05, 3.63) is 0 Å². The van der Waals surface area contributed by atoms with Crippen LogP contribution in [0.5, 0.6) is 0 Å². The third-order valence-corrected chi connectivity index (χ3v) is 3.32. The molecule has 0 aliphatic carbocycles. The molecule has 2 aliphatic heterocycles. The first kappa shape index (κ1) is 10.4. The summed E-state index contributed by atoms with van der Waals surface area (Å²) in [5.41, 5.74) is 0. The molecule has 1 N–H and O–H groups in total. The van der Waals surface area contributed by atoms with Gasteiger partial charge in [0.15, 0.2) is 5.79 Å². The largest absolute Gasteiger partial charge is 0.346 e. The van der Waals surface area contributed by atoms with Crippen molar-refractivity contribution in [2.45, 2.75) is 51.6 Å². The van der Waals surface area contributed by atoms with Gasteiger partial charge in [-0.3, -0.25) is 0 Å². The Labute approximate surface area is 86.2 Å². The van der Waals surface area contributed by atoms with E-state index in [1.165, 1.54) is 0 Å². The Bertz CT molecular complexity index is 197. The molecule has 0 amide bonds. The molecule has 2 rings (SSSR count). The molecule has 0 radical (unpaired) electrons. The Morgan fingerprint density at radius 2 is 1.79 bits per heavy atom. The zero-order chi connectivity index (χ0) is 10.2. The molecular weight excluding hydrogens is 178 g/mol. The summed E-state index contributed by atoms with van der Waals surface area (Å²) in [5, 5.41) is 3.38. The summed E-state index contributed by atoms with van der Waals surface area (Å²) in [4.78, 5) is 0. The molecule has 82 valence electrons. The third-order valence-electron chi connectivity index (χ3n) is 3.32. The van der Waals surface area contributed by atoms with Crippen molar-refractivity contribution in [2.75, 3.05) is 13.1 Å². The lowest BCUT2D eigenvalue weighted by Crippen LogP contribution is -2.57. The van der Waals surface area contributed by atoms with Gasteiger partial charge in [0.2, 0.25) is 0 Å². The van der Waals surface area contributed by atoms with Crippen molar-refractivity contribution in [2.24, 2.45) is 5.92 Å². The molecule has 0 aromatic rings. The highest BCUT2D eigenvalue weighted by Crippen LogP contribution is 2.37. The first-order valence-electron chi connectivity index (χ1n) is 5.69. The monoisotopic (exact) mass is 199 g/mol. The normalized spacial score (nSPS) is 49.5. The third kappa shape index (κ3) is 1.81. The molecule has 2 saturated heterocycles. The zero-order valence-electron chi connectivity index (χ0n) is 9.38. The molecule has 0 aromatic carbocycles. The second kappa shape index (κ2) is 3.80. The minimum atomic E-state index is -0.303. The lowest BCUT2D eigenvalue weighted by Gasteiger charge is -2.48. The number of ether oxygens (including phenoxy) is 2. The average Bonchev–Trinajstić information content (AvgIpc) is 2.08. The fraction of sp³-hybridized carbons (Fsp3) is 1.00. The van der Waals surface area contributed by atoms with Gasteiger partial charge in [-0.05, 0) is 20.3 Å². The first-order chi connectivity index (χ1) is 6.62. The van der Waals surface area contributed by atoms with Crippen molar-refractivity contribution in [3.63, 3.8) is 0 Å². The predicted molar refractivity (Wildman–Crippen MR) is 55.1 cm³/mol. The fourth-order valence-electron chi connectivity index (χ4n) is 2.61. The number of nitrogens with one attached hydrogen (secondary N) is 1. The van der Waals surface area contributed by atoms with Crippen molar-refractivity contribution in [1.29, 1.82) is 0 Å². The van der Waals surface area contributed by atoms with E-state index in [4.69, 9.17) is 9.47 Å². The highest BCUT2D eigenvalue weighted by Gasteiger charge is 2.45. The van der Waals surface area contributed by atoms with E-state index in [0.29, 0.717) is 18.1 Å². The summed E-state index contributed by atoms with van der Waals surface area (Å²) in [5.74, 6) is 0.143. The van der Waals surface area contributed by atoms with Gasteiger partial charge in [0, 0.05) is 25.4 Å². The maximum Gasteiger partial charge on any atom is 0.173 e. The van der Waals surface area contributed by atoms with Crippen LogP contribution >= 0.6 is 0 Å². The zero-order valence-corrected chi connectivity index (χ0v) is 9.38. The van der Waals surface area contributed by atoms with E-state index in [2.05, 4.69) is 26.1 Å². The molecule has 0 unspecified atom stereocenters. The maximum absolute atomic E-state index is 6.04. The second-order valence-corrected chi connectivity index (χ2v) is 4.76. The van der Waals surface area contributed by atoms with Gasteiger partial charge >= 0.3 is 0 Å². The predicted octanol–water partition coefficient (Wildman–Crippen LogP) is 1.53. The Hall–Kier alpha value is -0.120. The molecule has 0 aromatic heterocycles. The quantitative estimate of drug-likeness (QED) is 0.641. The minimum Gasteiger partial charge on any atom is -0.346 e. The van der Waals surface area contributed by atoms with Crippen LogP contribution in [0, 0.1) is 5.92 Å². The van der Waals surface area contributed by atoms with E-state index in [9.17, 15) is 0 Å². The van der Waals surface area contributed by atoms with Crippen LogP contribution < -0.4 is 5.32 Å². The van der Waals surface area contributed by atoms with Gasteiger partial charge in [0.25, 0.3) is 0 Å². The van der Waals surface area contributed by atoms with Crippen LogP contribution in [-0.4, -0.2) is 31.1 Å². The van der Waals surface area contributed by atoms with Gasteiger partial charge in [-0.15, -0.1) is 0 Å². The Balaban J connectivity index is 2.11. The Morgan fingerprint density at radius 1 is 1.14 bits per heavy atom. The molecule has 2 aliphatic rings. The molecule has 2 heterocycles. The van der Waals surface area contributed by atoms with Crippen LogP contribution in [0.25, 0.3) is 0 Å². The van der Waals surface area contributed by atoms with Gasteiger partial charge in [0.1, 0.15) is 0 Å². The molecule has 3 heteroatoms. The van der Waals surface area contributed by atoms with E-state index in [-0.39, 0.29) is 5.79 Å². The SMILES string of the molecule is C[C@@H]1CNCCC12O[C@@H](C)C[C@H](C)O2. The summed E-state index contributed by atoms with van der Waals surface area (Å²) >= 11 is 0. The highest BCUT2D eigenvalue weighted by atomic mass is 16.7. The molecule has 14 heavy (non-hydrogen) atoms. The number of hydrogen-bond donors (Lipinski definition) is 1. The Kier molecular flexibility index (Phi) is 2.82. The topological polar surface area (TPSA) is 30.5 Å². The highest BCUT2D eigenvalue weighted by molar-refractivity contribution is 4.88. The summed E-state index contributed by atoms with van der Waals surface area (Å²) in [6, 6.07) is 0. The van der Waals surface area contributed by atoms with Gasteiger partial charge in [-0.25, -0.2) is 0 Å². The van der Waals surface area contributed by atoms with E-state index < -0.39 is 0 Å². The van der Waals surface area contributed by atoms with Crippen LogP contribution in [0.4, 0.5) is 0 Å². The van der Waals surface area contributed by atoms with Crippen LogP contribution in [0.2, 0.25) is 0 Å². The molecule has 3 nitrogen and oxygen atoms in total. The van der Waals surface area contributed by atoms with Crippen LogP contribution in [0.1, 0.15) is 33.6 Å². The minimum absolute atomic E-state index is 0.303. The molecule has 3 atom stereocenters. The number of piperidine rings is 1. The molecule has 0 saturated carbocycles. The summed E-state index contributed by atoms with van der Waals surface area (Å²) in [6.07, 6.45) is 2.66. The van der Waals surface area contributed by atoms with E-state index in [1.54, 1.807) is 0 Å². The van der Waals surface area contributed by atoms with Crippen LogP contribution in [-0.2, 0) is 9.47 Å². The summed E-state index contributed by atoms with van der Waals surface area (Å²) in [7, 11) is 0. The van der Waals surface area contributed by atoms with Crippen molar-refractivity contribution < 1.29 is 9.47 Å². The maximum atomic E-state index is 6.04. The van der Waals surface area contributed by atoms with Gasteiger partial charge in [0.05, 0.1) is 12.2 Å². The van der Waals surface area contributed by atoms with Crippen LogP contribution in [0.15, 0.2) is 0 Å². The number of hydrogen-bond acceptors (Lipinski definition) is 3. The smallest absolute Gasteiger partial charge is 0.173 e. The van der Waals surface area contributed by atoms with Crippen molar-refractivity contribution in [3.8, 4) is 0 Å². The molecular formula is C11H21NO2. The second-order valence-electron chi connectivity index (χ2n) is 4.76. The van der Waals surface area contributed by atoms with Gasteiger partial charge in [-0.1, -0.05) is 6.92 Å². The summed E-state index contributed by atoms with van der Waals surface area (Å²) in [6.45, 7) is 8.51. The van der Waals surface area contributed by atoms with Crippen LogP contribution in [0.3, 0.4) is 0 Å². The number of rotatable bonds is 0. The van der Waals surface area contributed by atoms with E-state index in [0.717, 1.165) is 25.9 Å². The van der Waals surface area contributed by atoms with Crippen molar-refractivity contribution in [1.82, 2.24) is 5.32 Å².